The molecule has 10 heteroatoms. The van der Waals surface area contributed by atoms with Crippen LogP contribution in [0.4, 0.5) is 10.9 Å². The predicted octanol–water partition coefficient (Wildman–Crippen LogP) is 1.68. The number of nitrogens with zero attached hydrogens (tertiary/aromatic N) is 7. The number of hydrogen-bond acceptors (Lipinski definition) is 8. The molecule has 1 saturated heterocycles. The summed E-state index contributed by atoms with van der Waals surface area (Å²) in [6.45, 7) is 3.44. The second kappa shape index (κ2) is 7.16. The molecule has 0 saturated carbocycles. The SMILES string of the molecule is Cc1cnc(NC(=O)[C@@H]2CCCN(c3cc(-n4cncn4)ncn3)C2)s1. The van der Waals surface area contributed by atoms with Gasteiger partial charge in [-0.05, 0) is 19.8 Å². The zero-order chi connectivity index (χ0) is 17.9. The molecule has 1 aliphatic rings. The van der Waals surface area contributed by atoms with Gasteiger partial charge in [0.15, 0.2) is 10.9 Å². The van der Waals surface area contributed by atoms with Crippen LogP contribution in [0.25, 0.3) is 5.82 Å². The number of amides is 1. The van der Waals surface area contributed by atoms with Crippen molar-refractivity contribution in [3.8, 4) is 5.82 Å². The lowest BCUT2D eigenvalue weighted by Gasteiger charge is -2.32. The molecule has 1 N–H and O–H groups in total. The third-order valence-corrected chi connectivity index (χ3v) is 5.09. The third-order valence-electron chi connectivity index (χ3n) is 4.26. The number of hydrogen-bond donors (Lipinski definition) is 1. The molecule has 9 nitrogen and oxygen atoms in total. The van der Waals surface area contributed by atoms with Crippen LogP contribution in [-0.4, -0.2) is 48.7 Å². The van der Waals surface area contributed by atoms with E-state index in [0.29, 0.717) is 17.5 Å². The van der Waals surface area contributed by atoms with Crippen molar-refractivity contribution in [2.45, 2.75) is 19.8 Å². The number of carbonyl (C=O) groups is 1. The summed E-state index contributed by atoms with van der Waals surface area (Å²) < 4.78 is 1.59. The van der Waals surface area contributed by atoms with Crippen molar-refractivity contribution in [1.29, 1.82) is 0 Å². The van der Waals surface area contributed by atoms with Gasteiger partial charge in [0.25, 0.3) is 0 Å². The number of nitrogens with one attached hydrogen (secondary N) is 1. The minimum absolute atomic E-state index is 0.00889. The molecular weight excluding hydrogens is 352 g/mol. The van der Waals surface area contributed by atoms with E-state index in [4.69, 9.17) is 0 Å². The van der Waals surface area contributed by atoms with Crippen molar-refractivity contribution < 1.29 is 4.79 Å². The minimum atomic E-state index is -0.0993. The highest BCUT2D eigenvalue weighted by Gasteiger charge is 2.27. The Morgan fingerprint density at radius 2 is 2.15 bits per heavy atom. The maximum atomic E-state index is 12.6. The first-order valence-corrected chi connectivity index (χ1v) is 9.16. The Morgan fingerprint density at radius 3 is 2.92 bits per heavy atom. The Morgan fingerprint density at radius 1 is 1.27 bits per heavy atom. The highest BCUT2D eigenvalue weighted by molar-refractivity contribution is 7.15. The topological polar surface area (TPSA) is 102 Å². The number of aromatic nitrogens is 6. The largest absolute Gasteiger partial charge is 0.356 e. The first kappa shape index (κ1) is 16.6. The van der Waals surface area contributed by atoms with Gasteiger partial charge in [0, 0.05) is 30.2 Å². The number of anilines is 2. The Kier molecular flexibility index (Phi) is 4.57. The van der Waals surface area contributed by atoms with Gasteiger partial charge in [0.1, 0.15) is 24.8 Å². The van der Waals surface area contributed by atoms with E-state index in [-0.39, 0.29) is 11.8 Å². The Labute approximate surface area is 154 Å². The Hall–Kier alpha value is -2.88. The smallest absolute Gasteiger partial charge is 0.231 e. The van der Waals surface area contributed by atoms with E-state index in [1.807, 2.05) is 13.0 Å². The first-order chi connectivity index (χ1) is 12.7. The van der Waals surface area contributed by atoms with Crippen molar-refractivity contribution in [3.63, 3.8) is 0 Å². The van der Waals surface area contributed by atoms with Crippen molar-refractivity contribution in [2.75, 3.05) is 23.3 Å². The van der Waals surface area contributed by atoms with Crippen LogP contribution in [0.5, 0.6) is 0 Å². The second-order valence-corrected chi connectivity index (χ2v) is 7.36. The average molecular weight is 370 g/mol. The predicted molar refractivity (Wildman–Crippen MR) is 97.4 cm³/mol. The van der Waals surface area contributed by atoms with Gasteiger partial charge >= 0.3 is 0 Å². The van der Waals surface area contributed by atoms with E-state index < -0.39 is 0 Å². The lowest BCUT2D eigenvalue weighted by atomic mass is 9.97. The summed E-state index contributed by atoms with van der Waals surface area (Å²) in [6.07, 6.45) is 8.11. The molecule has 0 aromatic carbocycles. The average Bonchev–Trinajstić information content (AvgIpc) is 3.34. The van der Waals surface area contributed by atoms with E-state index in [0.717, 1.165) is 30.1 Å². The van der Waals surface area contributed by atoms with Crippen molar-refractivity contribution in [2.24, 2.45) is 5.92 Å². The van der Waals surface area contributed by atoms with E-state index in [9.17, 15) is 4.79 Å². The molecule has 1 amide bonds. The molecule has 1 aliphatic heterocycles. The fraction of sp³-hybridized carbons (Fsp3) is 0.375. The first-order valence-electron chi connectivity index (χ1n) is 8.34. The van der Waals surface area contributed by atoms with Crippen LogP contribution in [0.15, 0.2) is 31.2 Å². The van der Waals surface area contributed by atoms with Crippen molar-refractivity contribution >= 4 is 28.2 Å². The van der Waals surface area contributed by atoms with Gasteiger partial charge in [-0.1, -0.05) is 0 Å². The molecule has 1 fully saturated rings. The number of aryl methyl sites for hydroxylation is 1. The van der Waals surface area contributed by atoms with Crippen molar-refractivity contribution in [1.82, 2.24) is 29.7 Å². The van der Waals surface area contributed by atoms with Gasteiger partial charge < -0.3 is 10.2 Å². The van der Waals surface area contributed by atoms with Crippen LogP contribution in [0, 0.1) is 12.8 Å². The van der Waals surface area contributed by atoms with Crippen LogP contribution < -0.4 is 10.2 Å². The third kappa shape index (κ3) is 3.54. The quantitative estimate of drug-likeness (QED) is 0.745. The summed E-state index contributed by atoms with van der Waals surface area (Å²) in [5.41, 5.74) is 0. The summed E-state index contributed by atoms with van der Waals surface area (Å²) >= 11 is 1.48. The zero-order valence-electron chi connectivity index (χ0n) is 14.2. The summed E-state index contributed by atoms with van der Waals surface area (Å²) in [5, 5.41) is 7.67. The van der Waals surface area contributed by atoms with E-state index >= 15 is 0 Å². The summed E-state index contributed by atoms with van der Waals surface area (Å²) in [5.74, 6) is 1.35. The molecule has 0 radical (unpaired) electrons. The van der Waals surface area contributed by atoms with Crippen LogP contribution in [-0.2, 0) is 4.79 Å². The van der Waals surface area contributed by atoms with Crippen LogP contribution in [0.1, 0.15) is 17.7 Å². The monoisotopic (exact) mass is 370 g/mol. The highest BCUT2D eigenvalue weighted by atomic mass is 32.1. The molecule has 26 heavy (non-hydrogen) atoms. The van der Waals surface area contributed by atoms with Crippen LogP contribution in [0.3, 0.4) is 0 Å². The number of piperidine rings is 1. The van der Waals surface area contributed by atoms with Gasteiger partial charge in [-0.25, -0.2) is 24.6 Å². The zero-order valence-corrected chi connectivity index (χ0v) is 15.1. The van der Waals surface area contributed by atoms with Gasteiger partial charge in [0.05, 0.1) is 5.92 Å². The fourth-order valence-corrected chi connectivity index (χ4v) is 3.65. The maximum absolute atomic E-state index is 12.6. The maximum Gasteiger partial charge on any atom is 0.231 e. The standard InChI is InChI=1S/C16H18N8OS/c1-11-6-18-16(26-11)22-15(25)12-3-2-4-23(7-12)13-5-14(20-9-19-13)24-10-17-8-21-24/h5-6,8-10,12H,2-4,7H2,1H3,(H,18,22,25)/t12-/m1/s1. The summed E-state index contributed by atoms with van der Waals surface area (Å²) in [7, 11) is 0. The molecule has 1 atom stereocenters. The highest BCUT2D eigenvalue weighted by Crippen LogP contribution is 2.24. The Balaban J connectivity index is 1.46. The molecule has 0 bridgehead atoms. The number of rotatable bonds is 4. The normalized spacial score (nSPS) is 17.3. The molecule has 0 aliphatic carbocycles. The summed E-state index contributed by atoms with van der Waals surface area (Å²) in [4.78, 5) is 32.5. The van der Waals surface area contributed by atoms with Gasteiger partial charge in [-0.3, -0.25) is 4.79 Å². The molecule has 134 valence electrons. The number of thiazole rings is 1. The van der Waals surface area contributed by atoms with E-state index in [2.05, 4.69) is 35.3 Å². The van der Waals surface area contributed by atoms with E-state index in [1.165, 1.54) is 24.0 Å². The van der Waals surface area contributed by atoms with Gasteiger partial charge in [0.2, 0.25) is 5.91 Å². The molecule has 0 unspecified atom stereocenters. The lowest BCUT2D eigenvalue weighted by Crippen LogP contribution is -2.41. The second-order valence-electron chi connectivity index (χ2n) is 6.12. The molecule has 4 rings (SSSR count). The van der Waals surface area contributed by atoms with Gasteiger partial charge in [-0.15, -0.1) is 11.3 Å². The van der Waals surface area contributed by atoms with Crippen LogP contribution >= 0.6 is 11.3 Å². The fourth-order valence-electron chi connectivity index (χ4n) is 2.98. The molecule has 4 heterocycles. The molecular formula is C16H18N8OS. The van der Waals surface area contributed by atoms with Crippen molar-refractivity contribution in [3.05, 3.63) is 36.1 Å². The van der Waals surface area contributed by atoms with E-state index in [1.54, 1.807) is 17.2 Å². The lowest BCUT2D eigenvalue weighted by molar-refractivity contribution is -0.120. The number of carbonyl (C=O) groups excluding carboxylic acids is 1. The Bertz CT molecular complexity index is 893. The molecule has 0 spiro atoms. The molecule has 3 aromatic heterocycles. The summed E-state index contributed by atoms with van der Waals surface area (Å²) in [6, 6.07) is 1.86. The molecule has 3 aromatic rings. The van der Waals surface area contributed by atoms with Crippen LogP contribution in [0.2, 0.25) is 0 Å². The minimum Gasteiger partial charge on any atom is -0.356 e. The van der Waals surface area contributed by atoms with Gasteiger partial charge in [-0.2, -0.15) is 5.10 Å².